The number of fused-ring (bicyclic) bond motifs is 2. The van der Waals surface area contributed by atoms with Gasteiger partial charge < -0.3 is 5.32 Å². The summed E-state index contributed by atoms with van der Waals surface area (Å²) < 4.78 is 1.86. The van der Waals surface area contributed by atoms with Crippen molar-refractivity contribution in [3.63, 3.8) is 0 Å². The van der Waals surface area contributed by atoms with Gasteiger partial charge in [0.25, 0.3) is 0 Å². The Kier molecular flexibility index (Phi) is 1.79. The third-order valence-electron chi connectivity index (χ3n) is 3.78. The van der Waals surface area contributed by atoms with Crippen molar-refractivity contribution in [2.45, 2.75) is 31.7 Å². The van der Waals surface area contributed by atoms with Gasteiger partial charge in [-0.2, -0.15) is 5.10 Å². The van der Waals surface area contributed by atoms with Crippen LogP contribution in [0, 0.1) is 11.8 Å². The van der Waals surface area contributed by atoms with Crippen LogP contribution in [0.2, 0.25) is 0 Å². The molecular weight excluding hydrogens is 174 g/mol. The van der Waals surface area contributed by atoms with Crippen LogP contribution in [0.4, 0.5) is 5.82 Å². The van der Waals surface area contributed by atoms with E-state index in [2.05, 4.69) is 16.5 Å². The summed E-state index contributed by atoms with van der Waals surface area (Å²) in [5.74, 6) is 2.97. The molecule has 2 aliphatic rings. The van der Waals surface area contributed by atoms with Crippen LogP contribution < -0.4 is 5.32 Å². The van der Waals surface area contributed by atoms with Crippen molar-refractivity contribution in [1.82, 2.24) is 9.78 Å². The number of rotatable bonds is 2. The van der Waals surface area contributed by atoms with Crippen LogP contribution >= 0.6 is 0 Å². The Morgan fingerprint density at radius 2 is 2.36 bits per heavy atom. The average molecular weight is 191 g/mol. The molecule has 0 aromatic carbocycles. The van der Waals surface area contributed by atoms with Gasteiger partial charge in [-0.25, -0.2) is 0 Å². The van der Waals surface area contributed by atoms with Gasteiger partial charge in [0.1, 0.15) is 5.82 Å². The van der Waals surface area contributed by atoms with Gasteiger partial charge in [0.2, 0.25) is 0 Å². The first-order chi connectivity index (χ1) is 6.81. The fraction of sp³-hybridized carbons (Fsp3) is 0.727. The van der Waals surface area contributed by atoms with Gasteiger partial charge in [0.15, 0.2) is 0 Å². The molecule has 1 aromatic rings. The van der Waals surface area contributed by atoms with Crippen LogP contribution in [0.3, 0.4) is 0 Å². The highest BCUT2D eigenvalue weighted by molar-refractivity contribution is 5.34. The molecule has 1 N–H and O–H groups in total. The van der Waals surface area contributed by atoms with E-state index in [9.17, 15) is 0 Å². The van der Waals surface area contributed by atoms with Crippen LogP contribution in [0.5, 0.6) is 0 Å². The SMILES string of the molecule is Cn1ccc(N[C@@H]2C[C@H]3CC[C@H]2C3)n1. The number of aryl methyl sites for hydroxylation is 1. The van der Waals surface area contributed by atoms with Crippen LogP contribution in [-0.2, 0) is 7.05 Å². The molecule has 3 heteroatoms. The minimum absolute atomic E-state index is 0.698. The molecule has 1 heterocycles. The number of hydrogen-bond donors (Lipinski definition) is 1. The zero-order valence-electron chi connectivity index (χ0n) is 8.61. The largest absolute Gasteiger partial charge is 0.366 e. The molecule has 3 nitrogen and oxygen atoms in total. The smallest absolute Gasteiger partial charge is 0.148 e. The third kappa shape index (κ3) is 1.31. The minimum Gasteiger partial charge on any atom is -0.366 e. The number of aromatic nitrogens is 2. The summed E-state index contributed by atoms with van der Waals surface area (Å²) in [7, 11) is 1.96. The minimum atomic E-state index is 0.698. The van der Waals surface area contributed by atoms with Gasteiger partial charge >= 0.3 is 0 Å². The number of nitrogens with one attached hydrogen (secondary N) is 1. The first-order valence-electron chi connectivity index (χ1n) is 5.57. The average Bonchev–Trinajstić information content (AvgIpc) is 2.82. The number of anilines is 1. The predicted octanol–water partition coefficient (Wildman–Crippen LogP) is 2.02. The molecule has 76 valence electrons. The lowest BCUT2D eigenvalue weighted by molar-refractivity contribution is 0.438. The molecule has 0 unspecified atom stereocenters. The van der Waals surface area contributed by atoms with Crippen LogP contribution in [0.1, 0.15) is 25.7 Å². The van der Waals surface area contributed by atoms with Crippen LogP contribution in [0.25, 0.3) is 0 Å². The fourth-order valence-electron chi connectivity index (χ4n) is 3.10. The summed E-state index contributed by atoms with van der Waals surface area (Å²) in [4.78, 5) is 0. The molecule has 0 radical (unpaired) electrons. The summed E-state index contributed by atoms with van der Waals surface area (Å²) in [5.41, 5.74) is 0. The van der Waals surface area contributed by atoms with E-state index < -0.39 is 0 Å². The molecule has 2 aliphatic carbocycles. The lowest BCUT2D eigenvalue weighted by atomic mass is 9.95. The van der Waals surface area contributed by atoms with E-state index in [0.717, 1.165) is 17.7 Å². The Balaban J connectivity index is 1.68. The molecule has 3 rings (SSSR count). The molecule has 2 saturated carbocycles. The van der Waals surface area contributed by atoms with Crippen LogP contribution in [0.15, 0.2) is 12.3 Å². The summed E-state index contributed by atoms with van der Waals surface area (Å²) in [6.07, 6.45) is 7.70. The second kappa shape index (κ2) is 3.01. The number of nitrogens with zero attached hydrogens (tertiary/aromatic N) is 2. The molecule has 2 fully saturated rings. The summed E-state index contributed by atoms with van der Waals surface area (Å²) in [5, 5.41) is 7.92. The first-order valence-corrected chi connectivity index (χ1v) is 5.57. The van der Waals surface area contributed by atoms with E-state index in [1.165, 1.54) is 25.7 Å². The van der Waals surface area contributed by atoms with Gasteiger partial charge in [-0.05, 0) is 31.1 Å². The summed E-state index contributed by atoms with van der Waals surface area (Å²) >= 11 is 0. The number of hydrogen-bond acceptors (Lipinski definition) is 2. The van der Waals surface area contributed by atoms with E-state index >= 15 is 0 Å². The molecule has 3 atom stereocenters. The van der Waals surface area contributed by atoms with Gasteiger partial charge in [0.05, 0.1) is 0 Å². The van der Waals surface area contributed by atoms with Crippen molar-refractivity contribution in [3.8, 4) is 0 Å². The second-order valence-corrected chi connectivity index (χ2v) is 4.80. The summed E-state index contributed by atoms with van der Waals surface area (Å²) in [6.45, 7) is 0. The van der Waals surface area contributed by atoms with Crippen molar-refractivity contribution < 1.29 is 0 Å². The highest BCUT2D eigenvalue weighted by atomic mass is 15.3. The Morgan fingerprint density at radius 1 is 1.43 bits per heavy atom. The topological polar surface area (TPSA) is 29.9 Å². The Hall–Kier alpha value is -0.990. The van der Waals surface area contributed by atoms with E-state index in [1.807, 2.05) is 17.9 Å². The quantitative estimate of drug-likeness (QED) is 0.775. The maximum atomic E-state index is 4.36. The highest BCUT2D eigenvalue weighted by Gasteiger charge is 2.39. The molecule has 2 bridgehead atoms. The summed E-state index contributed by atoms with van der Waals surface area (Å²) in [6, 6.07) is 2.76. The maximum absolute atomic E-state index is 4.36. The Labute approximate surface area is 84.5 Å². The monoisotopic (exact) mass is 191 g/mol. The Morgan fingerprint density at radius 3 is 2.93 bits per heavy atom. The van der Waals surface area contributed by atoms with Crippen molar-refractivity contribution in [2.24, 2.45) is 18.9 Å². The lowest BCUT2D eigenvalue weighted by Crippen LogP contribution is -2.26. The molecule has 0 aliphatic heterocycles. The molecule has 0 amide bonds. The van der Waals surface area contributed by atoms with Gasteiger partial charge in [-0.1, -0.05) is 6.42 Å². The maximum Gasteiger partial charge on any atom is 0.148 e. The fourth-order valence-corrected chi connectivity index (χ4v) is 3.10. The van der Waals surface area contributed by atoms with Gasteiger partial charge in [0, 0.05) is 25.4 Å². The standard InChI is InChI=1S/C11H17N3/c1-14-5-4-11(13-14)12-10-7-8-2-3-9(10)6-8/h4-5,8-10H,2-3,6-7H2,1H3,(H,12,13)/t8-,9-,10+/m0/s1. The van der Waals surface area contributed by atoms with Crippen molar-refractivity contribution in [1.29, 1.82) is 0 Å². The van der Waals surface area contributed by atoms with E-state index in [-0.39, 0.29) is 0 Å². The van der Waals surface area contributed by atoms with Gasteiger partial charge in [-0.3, -0.25) is 4.68 Å². The zero-order valence-corrected chi connectivity index (χ0v) is 8.61. The molecule has 0 saturated heterocycles. The van der Waals surface area contributed by atoms with Crippen molar-refractivity contribution in [3.05, 3.63) is 12.3 Å². The van der Waals surface area contributed by atoms with Gasteiger partial charge in [-0.15, -0.1) is 0 Å². The van der Waals surface area contributed by atoms with E-state index in [1.54, 1.807) is 0 Å². The molecule has 14 heavy (non-hydrogen) atoms. The highest BCUT2D eigenvalue weighted by Crippen LogP contribution is 2.45. The van der Waals surface area contributed by atoms with E-state index in [4.69, 9.17) is 0 Å². The van der Waals surface area contributed by atoms with E-state index in [0.29, 0.717) is 6.04 Å². The molecular formula is C11H17N3. The predicted molar refractivity (Wildman–Crippen MR) is 56.1 cm³/mol. The zero-order chi connectivity index (χ0) is 9.54. The molecule has 1 aromatic heterocycles. The van der Waals surface area contributed by atoms with Crippen molar-refractivity contribution >= 4 is 5.82 Å². The normalized spacial score (nSPS) is 35.1. The first kappa shape index (κ1) is 8.33. The Bertz CT molecular complexity index is 331. The molecule has 0 spiro atoms. The van der Waals surface area contributed by atoms with Crippen LogP contribution in [-0.4, -0.2) is 15.8 Å². The third-order valence-corrected chi connectivity index (χ3v) is 3.78. The van der Waals surface area contributed by atoms with Crippen molar-refractivity contribution in [2.75, 3.05) is 5.32 Å². The lowest BCUT2D eigenvalue weighted by Gasteiger charge is -2.22. The second-order valence-electron chi connectivity index (χ2n) is 4.80.